The van der Waals surface area contributed by atoms with Crippen LogP contribution in [-0.4, -0.2) is 15.8 Å². The zero-order valence-electron chi connectivity index (χ0n) is 12.1. The molecule has 0 aromatic heterocycles. The van der Waals surface area contributed by atoms with Crippen molar-refractivity contribution in [2.75, 3.05) is 0 Å². The summed E-state index contributed by atoms with van der Waals surface area (Å²) < 4.78 is 11.1. The van der Waals surface area contributed by atoms with Crippen LogP contribution in [-0.2, 0) is 0 Å². The Labute approximate surface area is 152 Å². The molecule has 4 N–H and O–H groups in total. The van der Waals surface area contributed by atoms with Crippen molar-refractivity contribution in [1.29, 1.82) is 0 Å². The average molecular weight is 386 g/mol. The summed E-state index contributed by atoms with van der Waals surface area (Å²) in [6.07, 6.45) is 6.11. The molecule has 6 nitrogen and oxygen atoms in total. The standard InChI is InChI=1S/C13H15N5OS4/c1-9-4-2-5-10(8-9)13(19)14-18-20-12-7-3-6-11(12)15-21-16-22-17-23-18/h2-8,11,15-17H,1H3,(H,14,19)/t11-/m0/s1. The van der Waals surface area contributed by atoms with E-state index >= 15 is 0 Å². The zero-order valence-corrected chi connectivity index (χ0v) is 15.4. The van der Waals surface area contributed by atoms with Gasteiger partial charge in [-0.1, -0.05) is 33.7 Å². The highest BCUT2D eigenvalue weighted by atomic mass is 32.3. The number of nitrogens with zero attached hydrogens (tertiary/aromatic N) is 1. The fraction of sp³-hybridized carbons (Fsp3) is 0.154. The van der Waals surface area contributed by atoms with Gasteiger partial charge in [0, 0.05) is 34.7 Å². The van der Waals surface area contributed by atoms with E-state index in [-0.39, 0.29) is 11.9 Å². The Kier molecular flexibility index (Phi) is 6.36. The molecule has 0 saturated carbocycles. The Balaban J connectivity index is 1.67. The number of hydrogen-bond donors (Lipinski definition) is 4. The molecule has 1 aromatic carbocycles. The second-order valence-corrected chi connectivity index (χ2v) is 8.45. The molecule has 10 heteroatoms. The maximum absolute atomic E-state index is 12.4. The van der Waals surface area contributed by atoms with Gasteiger partial charge in [-0.25, -0.2) is 4.72 Å². The van der Waals surface area contributed by atoms with Gasteiger partial charge in [0.05, 0.1) is 18.2 Å². The Morgan fingerprint density at radius 2 is 2.22 bits per heavy atom. The topological polar surface area (TPSA) is 68.4 Å². The van der Waals surface area contributed by atoms with Gasteiger partial charge in [-0.2, -0.15) is 8.25 Å². The molecule has 2 aliphatic rings. The van der Waals surface area contributed by atoms with Crippen LogP contribution in [0.25, 0.3) is 0 Å². The van der Waals surface area contributed by atoms with Crippen LogP contribution in [0.1, 0.15) is 15.9 Å². The second kappa shape index (κ2) is 8.49. The van der Waals surface area contributed by atoms with Gasteiger partial charge in [0.15, 0.2) is 0 Å². The molecule has 1 atom stereocenters. The fourth-order valence-corrected chi connectivity index (χ4v) is 5.06. The first-order valence-electron chi connectivity index (χ1n) is 6.71. The minimum atomic E-state index is -0.143. The van der Waals surface area contributed by atoms with Crippen molar-refractivity contribution < 1.29 is 4.79 Å². The van der Waals surface area contributed by atoms with Crippen molar-refractivity contribution >= 4 is 54.3 Å². The molecule has 0 bridgehead atoms. The summed E-state index contributed by atoms with van der Waals surface area (Å²) in [5, 5.41) is 0. The number of fused-ring (bicyclic) bond motifs is 1. The summed E-state index contributed by atoms with van der Waals surface area (Å²) in [5.41, 5.74) is 4.60. The van der Waals surface area contributed by atoms with Crippen molar-refractivity contribution in [3.05, 3.63) is 58.5 Å². The van der Waals surface area contributed by atoms with Crippen molar-refractivity contribution in [1.82, 2.24) is 22.2 Å². The van der Waals surface area contributed by atoms with Crippen molar-refractivity contribution in [3.63, 3.8) is 0 Å². The predicted molar refractivity (Wildman–Crippen MR) is 101 cm³/mol. The van der Waals surface area contributed by atoms with Crippen LogP contribution in [0.2, 0.25) is 0 Å². The summed E-state index contributed by atoms with van der Waals surface area (Å²) in [6, 6.07) is 7.64. The number of amides is 1. The average Bonchev–Trinajstić information content (AvgIpc) is 2.98. The largest absolute Gasteiger partial charge is 0.268 e. The lowest BCUT2D eigenvalue weighted by Crippen LogP contribution is -2.36. The second-order valence-electron chi connectivity index (χ2n) is 4.67. The molecule has 1 fully saturated rings. The summed E-state index contributed by atoms with van der Waals surface area (Å²) >= 11 is 5.52. The molecule has 0 radical (unpaired) electrons. The number of hydrazine groups is 1. The van der Waals surface area contributed by atoms with Gasteiger partial charge in [-0.05, 0) is 37.1 Å². The molecule has 23 heavy (non-hydrogen) atoms. The molecule has 1 aliphatic carbocycles. The lowest BCUT2D eigenvalue weighted by molar-refractivity contribution is 0.0923. The van der Waals surface area contributed by atoms with E-state index < -0.39 is 0 Å². The monoisotopic (exact) mass is 385 g/mol. The minimum Gasteiger partial charge on any atom is -0.268 e. The van der Waals surface area contributed by atoms with Crippen molar-refractivity contribution in [2.24, 2.45) is 0 Å². The van der Waals surface area contributed by atoms with Gasteiger partial charge >= 0.3 is 0 Å². The third-order valence-corrected chi connectivity index (χ3v) is 6.20. The SMILES string of the molecule is Cc1cccc(C(=O)NN2SNSNSN[C@H]3C=CC=C3S2)c1. The maximum Gasteiger partial charge on any atom is 0.267 e. The van der Waals surface area contributed by atoms with Gasteiger partial charge in [0.1, 0.15) is 0 Å². The van der Waals surface area contributed by atoms with E-state index in [9.17, 15) is 4.79 Å². The zero-order chi connectivity index (χ0) is 16.1. The lowest BCUT2D eigenvalue weighted by atomic mass is 10.1. The predicted octanol–water partition coefficient (Wildman–Crippen LogP) is 2.88. The highest BCUT2D eigenvalue weighted by molar-refractivity contribution is 8.21. The van der Waals surface area contributed by atoms with Crippen molar-refractivity contribution in [2.45, 2.75) is 13.0 Å². The first-order chi connectivity index (χ1) is 11.2. The first-order valence-corrected chi connectivity index (χ1v) is 9.88. The highest BCUT2D eigenvalue weighted by Gasteiger charge is 2.22. The van der Waals surface area contributed by atoms with E-state index in [1.807, 2.05) is 37.3 Å². The Morgan fingerprint density at radius 1 is 1.30 bits per heavy atom. The number of rotatable bonds is 2. The molecule has 1 amide bonds. The number of benzene rings is 1. The van der Waals surface area contributed by atoms with Crippen LogP contribution >= 0.6 is 48.3 Å². The Bertz CT molecular complexity index is 639. The Morgan fingerprint density at radius 3 is 3.09 bits per heavy atom. The minimum absolute atomic E-state index is 0.121. The summed E-state index contributed by atoms with van der Waals surface area (Å²) in [4.78, 5) is 13.5. The molecule has 1 aliphatic heterocycles. The number of allylic oxidation sites excluding steroid dienone is 2. The van der Waals surface area contributed by atoms with Crippen LogP contribution in [0.5, 0.6) is 0 Å². The quantitative estimate of drug-likeness (QED) is 0.575. The summed E-state index contributed by atoms with van der Waals surface area (Å²) in [7, 11) is 0. The normalized spacial score (nSPS) is 22.3. The van der Waals surface area contributed by atoms with E-state index in [1.165, 1.54) is 48.3 Å². The molecule has 0 spiro atoms. The number of hydrogen-bond acceptors (Lipinski definition) is 9. The van der Waals surface area contributed by atoms with E-state index in [0.717, 1.165) is 10.5 Å². The number of carbonyl (C=O) groups is 1. The Hall–Kier alpha value is -0.590. The lowest BCUT2D eigenvalue weighted by Gasteiger charge is -2.24. The van der Waals surface area contributed by atoms with Gasteiger partial charge in [0.2, 0.25) is 0 Å². The van der Waals surface area contributed by atoms with Gasteiger partial charge in [0.25, 0.3) is 5.91 Å². The molecule has 1 saturated heterocycles. The smallest absolute Gasteiger partial charge is 0.267 e. The van der Waals surface area contributed by atoms with E-state index in [4.69, 9.17) is 0 Å². The van der Waals surface area contributed by atoms with Crippen LogP contribution in [0, 0.1) is 6.92 Å². The van der Waals surface area contributed by atoms with Crippen LogP contribution < -0.4 is 18.4 Å². The number of aryl methyl sites for hydroxylation is 1. The van der Waals surface area contributed by atoms with Gasteiger partial charge < -0.3 is 0 Å². The molecular weight excluding hydrogens is 370 g/mol. The third-order valence-electron chi connectivity index (χ3n) is 2.96. The molecule has 0 unspecified atom stereocenters. The molecule has 1 heterocycles. The maximum atomic E-state index is 12.4. The number of carbonyl (C=O) groups excluding carboxylic acids is 1. The highest BCUT2D eigenvalue weighted by Crippen LogP contribution is 2.32. The fourth-order valence-electron chi connectivity index (χ4n) is 1.92. The number of nitrogens with one attached hydrogen (secondary N) is 4. The van der Waals surface area contributed by atoms with Crippen molar-refractivity contribution in [3.8, 4) is 0 Å². The van der Waals surface area contributed by atoms with E-state index in [0.29, 0.717) is 5.56 Å². The molecule has 1 aromatic rings. The van der Waals surface area contributed by atoms with Gasteiger partial charge in [-0.3, -0.25) is 10.2 Å². The van der Waals surface area contributed by atoms with Crippen LogP contribution in [0.15, 0.2) is 47.4 Å². The van der Waals surface area contributed by atoms with Crippen LogP contribution in [0.4, 0.5) is 0 Å². The summed E-state index contributed by atoms with van der Waals surface area (Å²) in [5.74, 6) is -0.143. The third kappa shape index (κ3) is 4.94. The first kappa shape index (κ1) is 17.2. The molecular formula is C13H15N5OS4. The van der Waals surface area contributed by atoms with E-state index in [1.54, 1.807) is 9.89 Å². The van der Waals surface area contributed by atoms with E-state index in [2.05, 4.69) is 24.5 Å². The van der Waals surface area contributed by atoms with Crippen LogP contribution in [0.3, 0.4) is 0 Å². The van der Waals surface area contributed by atoms with Gasteiger partial charge in [-0.15, -0.1) is 0 Å². The summed E-state index contributed by atoms with van der Waals surface area (Å²) in [6.45, 7) is 1.97. The molecule has 122 valence electrons. The molecule has 3 rings (SSSR count).